The molecular weight excluding hydrogens is 454 g/mol. The summed E-state index contributed by atoms with van der Waals surface area (Å²) in [5.41, 5.74) is 0. The molecule has 0 aromatic heterocycles. The molecule has 0 aliphatic carbocycles. The number of hydrogen-bond donors (Lipinski definition) is 0. The van der Waals surface area contributed by atoms with E-state index in [1.54, 1.807) is 0 Å². The molecule has 0 N–H and O–H groups in total. The molecule has 0 spiro atoms. The maximum Gasteiger partial charge on any atom is 0.0701 e. The summed E-state index contributed by atoms with van der Waals surface area (Å²) in [6.45, 7) is 6.40. The third-order valence-corrected chi connectivity index (χ3v) is 10.8. The molecule has 1 heterocycles. The largest absolute Gasteiger partial charge is 0.379 e. The van der Waals surface area contributed by atoms with Crippen molar-refractivity contribution in [3.63, 3.8) is 0 Å². The Morgan fingerprint density at radius 2 is 0.667 bits per heavy atom. The number of rotatable bonds is 2. The molecule has 5 nitrogen and oxygen atoms in total. The maximum atomic E-state index is 5.91. The molecule has 2 atom stereocenters. The van der Waals surface area contributed by atoms with Gasteiger partial charge in [0.15, 0.2) is 0 Å². The highest BCUT2D eigenvalue weighted by atomic mass is 31.1. The van der Waals surface area contributed by atoms with E-state index in [1.165, 1.54) is 22.9 Å². The van der Waals surface area contributed by atoms with Crippen molar-refractivity contribution < 1.29 is 23.7 Å². The highest BCUT2D eigenvalue weighted by Crippen LogP contribution is 2.41. The molecule has 1 fully saturated rings. The van der Waals surface area contributed by atoms with Crippen molar-refractivity contribution >= 4 is 26.5 Å². The van der Waals surface area contributed by atoms with Crippen LogP contribution in [-0.2, 0) is 23.7 Å². The van der Waals surface area contributed by atoms with Crippen LogP contribution in [0.3, 0.4) is 0 Å². The second-order valence-electron chi connectivity index (χ2n) is 7.71. The quantitative estimate of drug-likeness (QED) is 0.599. The third-order valence-electron chi connectivity index (χ3n) is 5.38. The Balaban J connectivity index is 1.60. The highest BCUT2D eigenvalue weighted by molar-refractivity contribution is 7.69. The van der Waals surface area contributed by atoms with Crippen LogP contribution in [0.4, 0.5) is 0 Å². The van der Waals surface area contributed by atoms with E-state index in [-0.39, 0.29) is 15.8 Å². The minimum absolute atomic E-state index is 0.255. The Hall–Kier alpha value is -0.900. The van der Waals surface area contributed by atoms with Gasteiger partial charge in [0.25, 0.3) is 0 Å². The Kier molecular flexibility index (Phi) is 14.2. The normalized spacial score (nSPS) is 23.9. The van der Waals surface area contributed by atoms with Crippen LogP contribution in [0.2, 0.25) is 0 Å². The van der Waals surface area contributed by atoms with Crippen molar-refractivity contribution in [3.8, 4) is 0 Å². The van der Waals surface area contributed by atoms with Crippen molar-refractivity contribution in [1.29, 1.82) is 0 Å². The van der Waals surface area contributed by atoms with Gasteiger partial charge in [-0.05, 0) is 35.3 Å². The van der Waals surface area contributed by atoms with Crippen LogP contribution < -0.4 is 10.6 Å². The van der Waals surface area contributed by atoms with E-state index in [1.807, 2.05) is 0 Å². The van der Waals surface area contributed by atoms with E-state index in [4.69, 9.17) is 23.7 Å². The smallest absolute Gasteiger partial charge is 0.0701 e. The summed E-state index contributed by atoms with van der Waals surface area (Å²) in [6, 6.07) is 22.0. The summed E-state index contributed by atoms with van der Waals surface area (Å²) in [6.07, 6.45) is 4.63. The van der Waals surface area contributed by atoms with Gasteiger partial charge in [-0.15, -0.1) is 0 Å². The molecular formula is C26H38O5P2. The van der Waals surface area contributed by atoms with E-state index in [2.05, 4.69) is 60.7 Å². The Morgan fingerprint density at radius 3 is 1.00 bits per heavy atom. The zero-order valence-corrected chi connectivity index (χ0v) is 21.4. The molecule has 182 valence electrons. The first-order valence-electron chi connectivity index (χ1n) is 11.9. The van der Waals surface area contributed by atoms with Gasteiger partial charge >= 0.3 is 0 Å². The summed E-state index contributed by atoms with van der Waals surface area (Å²) in [5.74, 6) is 0. The second-order valence-corrected chi connectivity index (χ2v) is 12.7. The lowest BCUT2D eigenvalue weighted by Gasteiger charge is -2.23. The van der Waals surface area contributed by atoms with Gasteiger partial charge in [0.2, 0.25) is 0 Å². The van der Waals surface area contributed by atoms with Gasteiger partial charge in [-0.3, -0.25) is 0 Å². The van der Waals surface area contributed by atoms with E-state index in [9.17, 15) is 0 Å². The zero-order chi connectivity index (χ0) is 22.8. The van der Waals surface area contributed by atoms with Gasteiger partial charge in [-0.1, -0.05) is 76.5 Å². The lowest BCUT2D eigenvalue weighted by atomic mass is 10.4. The van der Waals surface area contributed by atoms with Crippen molar-refractivity contribution in [2.75, 3.05) is 90.7 Å². The van der Waals surface area contributed by atoms with Crippen LogP contribution in [0.5, 0.6) is 0 Å². The Bertz CT molecular complexity index is 658. The molecule has 1 aliphatic rings. The average Bonchev–Trinajstić information content (AvgIpc) is 2.86. The molecule has 3 rings (SSSR count). The van der Waals surface area contributed by atoms with E-state index < -0.39 is 0 Å². The average molecular weight is 493 g/mol. The Morgan fingerprint density at radius 1 is 0.364 bits per heavy atom. The zero-order valence-electron chi connectivity index (χ0n) is 19.6. The molecule has 1 saturated heterocycles. The van der Waals surface area contributed by atoms with Crippen LogP contribution in [0, 0.1) is 0 Å². The third kappa shape index (κ3) is 11.4. The fourth-order valence-corrected chi connectivity index (χ4v) is 8.89. The van der Waals surface area contributed by atoms with E-state index in [0.717, 1.165) is 25.5 Å². The SMILES string of the molecule is c1ccc([P@@]2CCOCCOCCOCCOCCOCC[P@](c3ccccc3)CC2)cc1. The van der Waals surface area contributed by atoms with Crippen LogP contribution in [0.15, 0.2) is 60.7 Å². The van der Waals surface area contributed by atoms with E-state index >= 15 is 0 Å². The first-order chi connectivity index (χ1) is 16.4. The van der Waals surface area contributed by atoms with Gasteiger partial charge in [0.05, 0.1) is 66.1 Å². The predicted molar refractivity (Wildman–Crippen MR) is 140 cm³/mol. The number of hydrogen-bond acceptors (Lipinski definition) is 5. The highest BCUT2D eigenvalue weighted by Gasteiger charge is 2.16. The lowest BCUT2D eigenvalue weighted by Crippen LogP contribution is -2.16. The van der Waals surface area contributed by atoms with Crippen molar-refractivity contribution in [2.24, 2.45) is 0 Å². The van der Waals surface area contributed by atoms with Gasteiger partial charge in [-0.25, -0.2) is 0 Å². The van der Waals surface area contributed by atoms with Gasteiger partial charge in [0.1, 0.15) is 0 Å². The Labute approximate surface area is 201 Å². The maximum absolute atomic E-state index is 5.91. The second kappa shape index (κ2) is 17.5. The van der Waals surface area contributed by atoms with Crippen molar-refractivity contribution in [1.82, 2.24) is 0 Å². The molecule has 0 bridgehead atoms. The molecule has 0 unspecified atom stereocenters. The molecule has 33 heavy (non-hydrogen) atoms. The molecule has 1 aliphatic heterocycles. The summed E-state index contributed by atoms with van der Waals surface area (Å²) in [5, 5.41) is 2.94. The number of benzene rings is 2. The monoisotopic (exact) mass is 492 g/mol. The predicted octanol–water partition coefficient (Wildman–Crippen LogP) is 3.70. The molecule has 0 amide bonds. The topological polar surface area (TPSA) is 46.2 Å². The minimum atomic E-state index is -0.255. The summed E-state index contributed by atoms with van der Waals surface area (Å²) < 4.78 is 28.6. The molecule has 2 aromatic carbocycles. The molecule has 2 aromatic rings. The standard InChI is InChI=1S/C26H38O5P2/c1-3-7-25(8-4-1)32-21-19-30-17-15-28-13-11-27-12-14-29-16-18-31-20-22-33(24-23-32)26-9-5-2-6-10-26/h1-10H,11-24H2/t32-,33-/m0/s1. The molecule has 0 saturated carbocycles. The summed E-state index contributed by atoms with van der Waals surface area (Å²) in [7, 11) is -0.511. The van der Waals surface area contributed by atoms with Crippen molar-refractivity contribution in [2.45, 2.75) is 0 Å². The summed E-state index contributed by atoms with van der Waals surface area (Å²) >= 11 is 0. The molecule has 0 radical (unpaired) electrons. The fourth-order valence-electron chi connectivity index (χ4n) is 3.59. The van der Waals surface area contributed by atoms with Crippen LogP contribution >= 0.6 is 15.8 Å². The fraction of sp³-hybridized carbons (Fsp3) is 0.538. The van der Waals surface area contributed by atoms with Gasteiger partial charge in [0, 0.05) is 0 Å². The van der Waals surface area contributed by atoms with Gasteiger partial charge < -0.3 is 23.7 Å². The van der Waals surface area contributed by atoms with Gasteiger partial charge in [-0.2, -0.15) is 0 Å². The number of ether oxygens (including phenoxy) is 5. The lowest BCUT2D eigenvalue weighted by molar-refractivity contribution is -0.00907. The summed E-state index contributed by atoms with van der Waals surface area (Å²) in [4.78, 5) is 0. The minimum Gasteiger partial charge on any atom is -0.379 e. The first-order valence-corrected chi connectivity index (χ1v) is 15.3. The first kappa shape index (κ1) is 26.7. The molecule has 7 heteroatoms. The van der Waals surface area contributed by atoms with E-state index in [0.29, 0.717) is 52.9 Å². The van der Waals surface area contributed by atoms with Crippen LogP contribution in [-0.4, -0.2) is 90.7 Å². The van der Waals surface area contributed by atoms with Crippen LogP contribution in [0.25, 0.3) is 0 Å². The van der Waals surface area contributed by atoms with Crippen molar-refractivity contribution in [3.05, 3.63) is 60.7 Å². The van der Waals surface area contributed by atoms with Crippen LogP contribution in [0.1, 0.15) is 0 Å².